The molecule has 0 aromatic carbocycles. The highest BCUT2D eigenvalue weighted by molar-refractivity contribution is 6.98. The summed E-state index contributed by atoms with van der Waals surface area (Å²) in [6, 6.07) is 0. The summed E-state index contributed by atoms with van der Waals surface area (Å²) in [5, 5.41) is 24.7. The maximum absolute atomic E-state index is 8.45. The van der Waals surface area contributed by atoms with E-state index in [9.17, 15) is 0 Å². The molecule has 0 bridgehead atoms. The highest BCUT2D eigenvalue weighted by Gasteiger charge is 2.03. The van der Waals surface area contributed by atoms with E-state index in [0.29, 0.717) is 0 Å². The molecule has 4 nitrogen and oxygen atoms in total. The minimum Gasteiger partial charge on any atom is -0.411 e. The van der Waals surface area contributed by atoms with Gasteiger partial charge in [0, 0.05) is 10.7 Å². The van der Waals surface area contributed by atoms with Gasteiger partial charge in [-0.05, 0) is 12.8 Å². The van der Waals surface area contributed by atoms with Crippen molar-refractivity contribution >= 4 is 20.2 Å². The van der Waals surface area contributed by atoms with Crippen LogP contribution in [0.1, 0.15) is 26.7 Å². The van der Waals surface area contributed by atoms with Crippen LogP contribution in [0, 0.1) is 0 Å². The Morgan fingerprint density at radius 2 is 1.45 bits per heavy atom. The van der Waals surface area contributed by atoms with Crippen LogP contribution in [-0.2, 0) is 0 Å². The zero-order valence-electron chi connectivity index (χ0n) is 6.91. The second kappa shape index (κ2) is 5.91. The molecule has 0 aromatic heterocycles. The lowest BCUT2D eigenvalue weighted by Crippen LogP contribution is -2.18. The summed E-state index contributed by atoms with van der Waals surface area (Å²) in [5.41, 5.74) is 0. The smallest absolute Gasteiger partial charge is 0.132 e. The highest BCUT2D eigenvalue weighted by atomic mass is 28.2. The average molecular weight is 174 g/mol. The molecule has 0 unspecified atom stereocenters. The van der Waals surface area contributed by atoms with Gasteiger partial charge in [0.1, 0.15) is 9.52 Å². The number of nitrogens with zero attached hydrogens (tertiary/aromatic N) is 2. The van der Waals surface area contributed by atoms with E-state index < -0.39 is 9.52 Å². The van der Waals surface area contributed by atoms with Crippen LogP contribution in [0.15, 0.2) is 10.3 Å². The molecule has 0 aromatic rings. The Labute approximate surface area is 68.4 Å². The third-order valence-electron chi connectivity index (χ3n) is 1.51. The SMILES string of the molecule is CCC(=NO)[SiH2]C(CC)=NO. The molecule has 0 saturated heterocycles. The predicted molar refractivity (Wildman–Crippen MR) is 47.6 cm³/mol. The fourth-order valence-electron chi connectivity index (χ4n) is 0.698. The van der Waals surface area contributed by atoms with E-state index in [4.69, 9.17) is 10.4 Å². The number of rotatable bonds is 4. The lowest BCUT2D eigenvalue weighted by atomic mass is 10.5. The summed E-state index contributed by atoms with van der Waals surface area (Å²) in [4.78, 5) is 0. The molecule has 2 N–H and O–H groups in total. The van der Waals surface area contributed by atoms with Gasteiger partial charge >= 0.3 is 0 Å². The van der Waals surface area contributed by atoms with Gasteiger partial charge in [-0.3, -0.25) is 0 Å². The molecule has 64 valence electrons. The van der Waals surface area contributed by atoms with Crippen molar-refractivity contribution in [2.75, 3.05) is 0 Å². The Balaban J connectivity index is 4.00. The van der Waals surface area contributed by atoms with Crippen molar-refractivity contribution in [3.05, 3.63) is 0 Å². The minimum atomic E-state index is -0.761. The van der Waals surface area contributed by atoms with Crippen molar-refractivity contribution in [1.29, 1.82) is 0 Å². The molecule has 0 rings (SSSR count). The summed E-state index contributed by atoms with van der Waals surface area (Å²) in [6.07, 6.45) is 1.48. The molecule has 0 saturated carbocycles. The van der Waals surface area contributed by atoms with Crippen LogP contribution >= 0.6 is 0 Å². The summed E-state index contributed by atoms with van der Waals surface area (Å²) >= 11 is 0. The van der Waals surface area contributed by atoms with Gasteiger partial charge in [-0.15, -0.1) is 10.3 Å². The van der Waals surface area contributed by atoms with Gasteiger partial charge in [0.05, 0.1) is 0 Å². The number of hydrogen-bond donors (Lipinski definition) is 2. The van der Waals surface area contributed by atoms with E-state index in [2.05, 4.69) is 10.3 Å². The first kappa shape index (κ1) is 10.2. The third kappa shape index (κ3) is 3.77. The second-order valence-corrected chi connectivity index (χ2v) is 4.20. The molecular formula is C6H14N2O2Si. The van der Waals surface area contributed by atoms with Gasteiger partial charge in [-0.2, -0.15) is 0 Å². The van der Waals surface area contributed by atoms with Crippen LogP contribution in [0.2, 0.25) is 0 Å². The molecule has 0 spiro atoms. The Hall–Kier alpha value is -0.843. The second-order valence-electron chi connectivity index (χ2n) is 2.22. The fraction of sp³-hybridized carbons (Fsp3) is 0.667. The third-order valence-corrected chi connectivity index (χ3v) is 3.61. The number of oxime groups is 2. The van der Waals surface area contributed by atoms with Crippen molar-refractivity contribution < 1.29 is 10.4 Å². The largest absolute Gasteiger partial charge is 0.411 e. The van der Waals surface area contributed by atoms with Gasteiger partial charge in [0.25, 0.3) is 0 Å². The molecule has 5 heteroatoms. The Morgan fingerprint density at radius 3 is 1.64 bits per heavy atom. The van der Waals surface area contributed by atoms with Crippen LogP contribution in [0.25, 0.3) is 0 Å². The lowest BCUT2D eigenvalue weighted by Gasteiger charge is -1.99. The lowest BCUT2D eigenvalue weighted by molar-refractivity contribution is 0.318. The number of hydrogen-bond acceptors (Lipinski definition) is 4. The van der Waals surface area contributed by atoms with Crippen LogP contribution in [-0.4, -0.2) is 30.6 Å². The van der Waals surface area contributed by atoms with E-state index in [1.807, 2.05) is 13.8 Å². The fourth-order valence-corrected chi connectivity index (χ4v) is 1.81. The minimum absolute atomic E-state index is 0.738. The summed E-state index contributed by atoms with van der Waals surface area (Å²) in [7, 11) is -0.761. The van der Waals surface area contributed by atoms with E-state index in [0.717, 1.165) is 23.5 Å². The van der Waals surface area contributed by atoms with E-state index in [1.165, 1.54) is 0 Å². The first-order valence-corrected chi connectivity index (χ1v) is 5.09. The Bertz CT molecular complexity index is 150. The topological polar surface area (TPSA) is 65.2 Å². The van der Waals surface area contributed by atoms with Crippen LogP contribution in [0.5, 0.6) is 0 Å². The zero-order chi connectivity index (χ0) is 8.69. The van der Waals surface area contributed by atoms with Crippen molar-refractivity contribution in [2.45, 2.75) is 26.7 Å². The van der Waals surface area contributed by atoms with Gasteiger partial charge < -0.3 is 10.4 Å². The van der Waals surface area contributed by atoms with Gasteiger partial charge in [0.15, 0.2) is 0 Å². The zero-order valence-corrected chi connectivity index (χ0v) is 8.32. The average Bonchev–Trinajstić information content (AvgIpc) is 2.07. The molecule has 0 amide bonds. The summed E-state index contributed by atoms with van der Waals surface area (Å²) < 4.78 is 0. The molecule has 11 heavy (non-hydrogen) atoms. The monoisotopic (exact) mass is 174 g/mol. The van der Waals surface area contributed by atoms with Crippen LogP contribution in [0.3, 0.4) is 0 Å². The molecule has 0 atom stereocenters. The summed E-state index contributed by atoms with van der Waals surface area (Å²) in [5.74, 6) is 0. The first-order chi connectivity index (χ1) is 5.28. The summed E-state index contributed by atoms with van der Waals surface area (Å²) in [6.45, 7) is 3.85. The van der Waals surface area contributed by atoms with Crippen molar-refractivity contribution in [3.63, 3.8) is 0 Å². The molecule has 0 radical (unpaired) electrons. The maximum Gasteiger partial charge on any atom is 0.132 e. The van der Waals surface area contributed by atoms with Crippen molar-refractivity contribution in [3.8, 4) is 0 Å². The van der Waals surface area contributed by atoms with Gasteiger partial charge in [0.2, 0.25) is 0 Å². The molecule has 0 aliphatic rings. The maximum atomic E-state index is 8.45. The van der Waals surface area contributed by atoms with Crippen molar-refractivity contribution in [1.82, 2.24) is 0 Å². The van der Waals surface area contributed by atoms with Gasteiger partial charge in [-0.25, -0.2) is 0 Å². The standard InChI is InChI=1S/C6H14N2O2Si/c1-3-5(7-9)11-6(4-2)8-10/h9-10H,3-4,11H2,1-2H3. The van der Waals surface area contributed by atoms with E-state index in [-0.39, 0.29) is 0 Å². The highest BCUT2D eigenvalue weighted by Crippen LogP contribution is 1.88. The van der Waals surface area contributed by atoms with Gasteiger partial charge in [-0.1, -0.05) is 13.8 Å². The molecule has 0 heterocycles. The molecule has 0 aliphatic heterocycles. The van der Waals surface area contributed by atoms with Crippen molar-refractivity contribution in [2.24, 2.45) is 10.3 Å². The van der Waals surface area contributed by atoms with Crippen LogP contribution < -0.4 is 0 Å². The molecular weight excluding hydrogens is 160 g/mol. The molecule has 0 aliphatic carbocycles. The quantitative estimate of drug-likeness (QED) is 0.283. The Kier molecular flexibility index (Phi) is 5.45. The first-order valence-electron chi connectivity index (χ1n) is 3.68. The van der Waals surface area contributed by atoms with E-state index in [1.54, 1.807) is 0 Å². The Morgan fingerprint density at radius 1 is 1.09 bits per heavy atom. The normalized spacial score (nSPS) is 14.7. The molecule has 0 fully saturated rings. The van der Waals surface area contributed by atoms with E-state index >= 15 is 0 Å². The van der Waals surface area contributed by atoms with Crippen LogP contribution in [0.4, 0.5) is 0 Å². The predicted octanol–water partition coefficient (Wildman–Crippen LogP) is 0.551.